The Hall–Kier alpha value is -1.00. The number of thiazole rings is 1. The zero-order chi connectivity index (χ0) is 11.5. The third-order valence-corrected chi connectivity index (χ3v) is 3.56. The van der Waals surface area contributed by atoms with Crippen molar-refractivity contribution in [1.29, 1.82) is 0 Å². The maximum absolute atomic E-state index is 11.1. The van der Waals surface area contributed by atoms with Crippen LogP contribution in [0, 0.1) is 0 Å². The molecule has 2 nitrogen and oxygen atoms in total. The molecular weight excluding hydrogens is 286 g/mol. The number of aromatic nitrogens is 1. The lowest BCUT2D eigenvalue weighted by molar-refractivity contribution is 0.101. The average Bonchev–Trinajstić information content (AvgIpc) is 2.70. The van der Waals surface area contributed by atoms with Crippen molar-refractivity contribution in [3.63, 3.8) is 0 Å². The molecule has 0 aliphatic carbocycles. The van der Waals surface area contributed by atoms with Crippen LogP contribution in [0.25, 0.3) is 0 Å². The minimum atomic E-state index is 0.0262. The first kappa shape index (κ1) is 11.5. The molecule has 0 saturated heterocycles. The van der Waals surface area contributed by atoms with Gasteiger partial charge in [-0.1, -0.05) is 28.1 Å². The number of benzene rings is 1. The number of carbonyl (C=O) groups excluding carboxylic acids is 1. The Morgan fingerprint density at radius 3 is 2.62 bits per heavy atom. The van der Waals surface area contributed by atoms with E-state index in [9.17, 15) is 4.79 Å². The highest BCUT2D eigenvalue weighted by molar-refractivity contribution is 9.10. The van der Waals surface area contributed by atoms with Crippen molar-refractivity contribution in [2.75, 3.05) is 0 Å². The summed E-state index contributed by atoms with van der Waals surface area (Å²) in [6, 6.07) is 8.13. The van der Waals surface area contributed by atoms with Crippen molar-refractivity contribution >= 4 is 33.0 Å². The van der Waals surface area contributed by atoms with E-state index in [1.54, 1.807) is 6.92 Å². The summed E-state index contributed by atoms with van der Waals surface area (Å²) in [4.78, 5) is 15.4. The molecule has 0 saturated carbocycles. The Labute approximate surface area is 106 Å². The molecule has 0 spiro atoms. The molecule has 16 heavy (non-hydrogen) atoms. The first-order chi connectivity index (χ1) is 7.65. The fourth-order valence-corrected chi connectivity index (χ4v) is 2.46. The van der Waals surface area contributed by atoms with Gasteiger partial charge < -0.3 is 0 Å². The Bertz CT molecular complexity index is 504. The lowest BCUT2D eigenvalue weighted by Crippen LogP contribution is -1.93. The van der Waals surface area contributed by atoms with E-state index in [-0.39, 0.29) is 5.78 Å². The van der Waals surface area contributed by atoms with E-state index in [2.05, 4.69) is 33.0 Å². The van der Waals surface area contributed by atoms with Gasteiger partial charge in [-0.2, -0.15) is 0 Å². The average molecular weight is 296 g/mol. The molecule has 1 aromatic heterocycles. The number of nitrogens with zero attached hydrogens (tertiary/aromatic N) is 1. The van der Waals surface area contributed by atoms with E-state index in [0.29, 0.717) is 5.69 Å². The smallest absolute Gasteiger partial charge is 0.178 e. The van der Waals surface area contributed by atoms with Crippen molar-refractivity contribution in [1.82, 2.24) is 4.98 Å². The largest absolute Gasteiger partial charge is 0.293 e. The molecule has 0 radical (unpaired) electrons. The van der Waals surface area contributed by atoms with Gasteiger partial charge in [0.25, 0.3) is 0 Å². The van der Waals surface area contributed by atoms with Crippen LogP contribution in [0.1, 0.15) is 28.0 Å². The van der Waals surface area contributed by atoms with Crippen LogP contribution in [-0.4, -0.2) is 10.8 Å². The topological polar surface area (TPSA) is 30.0 Å². The van der Waals surface area contributed by atoms with Crippen LogP contribution in [0.3, 0.4) is 0 Å². The van der Waals surface area contributed by atoms with Gasteiger partial charge in [-0.25, -0.2) is 4.98 Å². The molecule has 0 amide bonds. The molecule has 0 bridgehead atoms. The van der Waals surface area contributed by atoms with Gasteiger partial charge in [0.1, 0.15) is 5.69 Å². The summed E-state index contributed by atoms with van der Waals surface area (Å²) >= 11 is 4.93. The number of hydrogen-bond donors (Lipinski definition) is 0. The number of Topliss-reactive ketones (excluding diaryl/α,β-unsaturated/α-hetero) is 1. The summed E-state index contributed by atoms with van der Waals surface area (Å²) in [5.41, 5.74) is 1.77. The maximum Gasteiger partial charge on any atom is 0.178 e. The van der Waals surface area contributed by atoms with E-state index in [4.69, 9.17) is 0 Å². The number of hydrogen-bond acceptors (Lipinski definition) is 3. The summed E-state index contributed by atoms with van der Waals surface area (Å²) in [7, 11) is 0. The molecule has 1 aromatic carbocycles. The van der Waals surface area contributed by atoms with Gasteiger partial charge in [-0.05, 0) is 17.7 Å². The summed E-state index contributed by atoms with van der Waals surface area (Å²) in [6.45, 7) is 1.54. The standard InChI is InChI=1S/C12H10BrNOS/c1-8(15)11-7-16-12(14-11)6-9-2-4-10(13)5-3-9/h2-5,7H,6H2,1H3. The highest BCUT2D eigenvalue weighted by Gasteiger charge is 2.06. The van der Waals surface area contributed by atoms with E-state index >= 15 is 0 Å². The Morgan fingerprint density at radius 1 is 1.38 bits per heavy atom. The van der Waals surface area contributed by atoms with Crippen LogP contribution in [-0.2, 0) is 6.42 Å². The monoisotopic (exact) mass is 295 g/mol. The minimum Gasteiger partial charge on any atom is -0.293 e. The second-order valence-electron chi connectivity index (χ2n) is 3.49. The molecule has 0 N–H and O–H groups in total. The number of halogens is 1. The van der Waals surface area contributed by atoms with Crippen LogP contribution in [0.15, 0.2) is 34.1 Å². The Kier molecular flexibility index (Phi) is 3.51. The second-order valence-corrected chi connectivity index (χ2v) is 5.34. The normalized spacial score (nSPS) is 10.4. The number of ketones is 1. The summed E-state index contributed by atoms with van der Waals surface area (Å²) in [5, 5.41) is 2.80. The molecule has 0 aliphatic heterocycles. The van der Waals surface area contributed by atoms with Gasteiger partial charge in [0.15, 0.2) is 5.78 Å². The van der Waals surface area contributed by atoms with Crippen molar-refractivity contribution < 1.29 is 4.79 Å². The first-order valence-corrected chi connectivity index (χ1v) is 6.52. The zero-order valence-corrected chi connectivity index (χ0v) is 11.1. The first-order valence-electron chi connectivity index (χ1n) is 4.85. The lowest BCUT2D eigenvalue weighted by atomic mass is 10.2. The molecule has 0 atom stereocenters. The van der Waals surface area contributed by atoms with Gasteiger partial charge in [0, 0.05) is 23.2 Å². The van der Waals surface area contributed by atoms with Crippen LogP contribution in [0.5, 0.6) is 0 Å². The minimum absolute atomic E-state index is 0.0262. The Morgan fingerprint density at radius 2 is 2.06 bits per heavy atom. The fourth-order valence-electron chi connectivity index (χ4n) is 1.33. The fraction of sp³-hybridized carbons (Fsp3) is 0.167. The lowest BCUT2D eigenvalue weighted by Gasteiger charge is -1.97. The maximum atomic E-state index is 11.1. The molecule has 1 heterocycles. The van der Waals surface area contributed by atoms with Gasteiger partial charge >= 0.3 is 0 Å². The van der Waals surface area contributed by atoms with E-state index in [0.717, 1.165) is 15.9 Å². The molecule has 4 heteroatoms. The zero-order valence-electron chi connectivity index (χ0n) is 8.74. The molecule has 82 valence electrons. The summed E-state index contributed by atoms with van der Waals surface area (Å²) in [6.07, 6.45) is 0.783. The second kappa shape index (κ2) is 4.89. The molecule has 2 aromatic rings. The number of carbonyl (C=O) groups is 1. The van der Waals surface area contributed by atoms with Crippen LogP contribution in [0.4, 0.5) is 0 Å². The highest BCUT2D eigenvalue weighted by atomic mass is 79.9. The van der Waals surface area contributed by atoms with Crippen LogP contribution < -0.4 is 0 Å². The van der Waals surface area contributed by atoms with Crippen LogP contribution in [0.2, 0.25) is 0 Å². The van der Waals surface area contributed by atoms with Crippen molar-refractivity contribution in [3.8, 4) is 0 Å². The molecule has 0 unspecified atom stereocenters. The van der Waals surface area contributed by atoms with Gasteiger partial charge in [0.05, 0.1) is 5.01 Å². The van der Waals surface area contributed by atoms with Crippen molar-refractivity contribution in [2.45, 2.75) is 13.3 Å². The predicted molar refractivity (Wildman–Crippen MR) is 69.1 cm³/mol. The molecule has 2 rings (SSSR count). The molecular formula is C12H10BrNOS. The van der Waals surface area contributed by atoms with Gasteiger partial charge in [-0.3, -0.25) is 4.79 Å². The third-order valence-electron chi connectivity index (χ3n) is 2.18. The van der Waals surface area contributed by atoms with E-state index < -0.39 is 0 Å². The molecule has 0 fully saturated rings. The quantitative estimate of drug-likeness (QED) is 0.808. The SMILES string of the molecule is CC(=O)c1csc(Cc2ccc(Br)cc2)n1. The third kappa shape index (κ3) is 2.77. The highest BCUT2D eigenvalue weighted by Crippen LogP contribution is 2.17. The van der Waals surface area contributed by atoms with Gasteiger partial charge in [0.2, 0.25) is 0 Å². The van der Waals surface area contributed by atoms with E-state index in [1.165, 1.54) is 16.9 Å². The summed E-state index contributed by atoms with van der Waals surface area (Å²) < 4.78 is 1.07. The van der Waals surface area contributed by atoms with Crippen molar-refractivity contribution in [3.05, 3.63) is 50.4 Å². The molecule has 0 aliphatic rings. The van der Waals surface area contributed by atoms with Gasteiger partial charge in [-0.15, -0.1) is 11.3 Å². The summed E-state index contributed by atoms with van der Waals surface area (Å²) in [5.74, 6) is 0.0262. The van der Waals surface area contributed by atoms with E-state index in [1.807, 2.05) is 17.5 Å². The predicted octanol–water partition coefficient (Wildman–Crippen LogP) is 3.70. The number of rotatable bonds is 3. The van der Waals surface area contributed by atoms with Crippen LogP contribution >= 0.6 is 27.3 Å². The Balaban J connectivity index is 2.14. The van der Waals surface area contributed by atoms with Crippen molar-refractivity contribution in [2.24, 2.45) is 0 Å².